The molecule has 0 aliphatic heterocycles. The van der Waals surface area contributed by atoms with E-state index in [-0.39, 0.29) is 17.9 Å². The highest BCUT2D eigenvalue weighted by Gasteiger charge is 2.12. The summed E-state index contributed by atoms with van der Waals surface area (Å²) >= 11 is 0. The van der Waals surface area contributed by atoms with Gasteiger partial charge in [0.15, 0.2) is 0 Å². The molecule has 2 aromatic carbocycles. The summed E-state index contributed by atoms with van der Waals surface area (Å²) in [7, 11) is 1.58. The highest BCUT2D eigenvalue weighted by atomic mass is 16.5. The van der Waals surface area contributed by atoms with Gasteiger partial charge in [-0.3, -0.25) is 9.59 Å². The van der Waals surface area contributed by atoms with Gasteiger partial charge in [0, 0.05) is 18.5 Å². The Bertz CT molecular complexity index is 785. The smallest absolute Gasteiger partial charge is 0.251 e. The van der Waals surface area contributed by atoms with Gasteiger partial charge in [0.1, 0.15) is 5.75 Å². The molecule has 0 bridgehead atoms. The SMILES string of the molecule is COc1ccc(C(=O)NCCCC(=O)NC(C)c2cc(C)ccc2C)cc1. The highest BCUT2D eigenvalue weighted by Crippen LogP contribution is 2.19. The zero-order valence-electron chi connectivity index (χ0n) is 16.5. The van der Waals surface area contributed by atoms with Crippen LogP contribution in [0.3, 0.4) is 0 Å². The third-order valence-corrected chi connectivity index (χ3v) is 4.50. The first kappa shape index (κ1) is 20.5. The quantitative estimate of drug-likeness (QED) is 0.698. The van der Waals surface area contributed by atoms with E-state index in [1.165, 1.54) is 11.1 Å². The molecule has 2 rings (SSSR count). The number of nitrogens with one attached hydrogen (secondary N) is 2. The Morgan fingerprint density at radius 2 is 1.78 bits per heavy atom. The van der Waals surface area contributed by atoms with Crippen molar-refractivity contribution in [3.05, 3.63) is 64.7 Å². The minimum Gasteiger partial charge on any atom is -0.497 e. The third-order valence-electron chi connectivity index (χ3n) is 4.50. The van der Waals surface area contributed by atoms with E-state index in [1.54, 1.807) is 31.4 Å². The lowest BCUT2D eigenvalue weighted by atomic mass is 10.00. The lowest BCUT2D eigenvalue weighted by Gasteiger charge is -2.17. The van der Waals surface area contributed by atoms with Gasteiger partial charge >= 0.3 is 0 Å². The molecule has 2 aromatic rings. The molecule has 0 aliphatic carbocycles. The van der Waals surface area contributed by atoms with Crippen molar-refractivity contribution in [2.24, 2.45) is 0 Å². The first-order chi connectivity index (χ1) is 12.9. The molecule has 0 aromatic heterocycles. The normalized spacial score (nSPS) is 11.6. The van der Waals surface area contributed by atoms with Crippen molar-refractivity contribution in [3.8, 4) is 5.75 Å². The molecule has 5 heteroatoms. The number of carbonyl (C=O) groups is 2. The second-order valence-electron chi connectivity index (χ2n) is 6.74. The molecule has 2 N–H and O–H groups in total. The van der Waals surface area contributed by atoms with Crippen molar-refractivity contribution in [1.82, 2.24) is 10.6 Å². The van der Waals surface area contributed by atoms with Crippen molar-refractivity contribution in [2.45, 2.75) is 39.7 Å². The van der Waals surface area contributed by atoms with Gasteiger partial charge in [-0.25, -0.2) is 0 Å². The maximum Gasteiger partial charge on any atom is 0.251 e. The molecule has 0 saturated heterocycles. The second kappa shape index (κ2) is 9.76. The standard InChI is InChI=1S/C22H28N2O3/c1-15-7-8-16(2)20(14-15)17(3)24-21(25)6-5-13-23-22(26)18-9-11-19(27-4)12-10-18/h7-12,14,17H,5-6,13H2,1-4H3,(H,23,26)(H,24,25). The topological polar surface area (TPSA) is 67.4 Å². The average molecular weight is 368 g/mol. The average Bonchev–Trinajstić information content (AvgIpc) is 2.66. The summed E-state index contributed by atoms with van der Waals surface area (Å²) in [5.41, 5.74) is 4.05. The van der Waals surface area contributed by atoms with Crippen molar-refractivity contribution < 1.29 is 14.3 Å². The lowest BCUT2D eigenvalue weighted by Crippen LogP contribution is -2.29. The summed E-state index contributed by atoms with van der Waals surface area (Å²) in [6, 6.07) is 13.1. The number of ether oxygens (including phenoxy) is 1. The van der Waals surface area contributed by atoms with Crippen LogP contribution in [0.2, 0.25) is 0 Å². The van der Waals surface area contributed by atoms with Gasteiger partial charge in [0.2, 0.25) is 5.91 Å². The van der Waals surface area contributed by atoms with Gasteiger partial charge in [0.25, 0.3) is 5.91 Å². The zero-order valence-corrected chi connectivity index (χ0v) is 16.5. The first-order valence-corrected chi connectivity index (χ1v) is 9.19. The molecule has 0 saturated carbocycles. The van der Waals surface area contributed by atoms with E-state index in [0.717, 1.165) is 5.56 Å². The van der Waals surface area contributed by atoms with Gasteiger partial charge in [-0.15, -0.1) is 0 Å². The molecule has 1 unspecified atom stereocenters. The summed E-state index contributed by atoms with van der Waals surface area (Å²) < 4.78 is 5.08. The van der Waals surface area contributed by atoms with E-state index in [1.807, 2.05) is 20.8 Å². The molecule has 27 heavy (non-hydrogen) atoms. The Labute approximate surface area is 161 Å². The van der Waals surface area contributed by atoms with Crippen molar-refractivity contribution in [2.75, 3.05) is 13.7 Å². The summed E-state index contributed by atoms with van der Waals surface area (Å²) in [6.07, 6.45) is 0.964. The minimum absolute atomic E-state index is 0.0119. The van der Waals surface area contributed by atoms with Gasteiger partial charge in [-0.05, 0) is 62.6 Å². The minimum atomic E-state index is -0.151. The summed E-state index contributed by atoms with van der Waals surface area (Å²) in [5, 5.41) is 5.86. The van der Waals surface area contributed by atoms with E-state index in [2.05, 4.69) is 28.8 Å². The van der Waals surface area contributed by atoms with Crippen LogP contribution in [0.25, 0.3) is 0 Å². The van der Waals surface area contributed by atoms with Crippen LogP contribution in [0, 0.1) is 13.8 Å². The molecule has 144 valence electrons. The molecular weight excluding hydrogens is 340 g/mol. The number of benzene rings is 2. The Balaban J connectivity index is 1.73. The van der Waals surface area contributed by atoms with Crippen LogP contribution >= 0.6 is 0 Å². The predicted molar refractivity (Wildman–Crippen MR) is 107 cm³/mol. The first-order valence-electron chi connectivity index (χ1n) is 9.19. The van der Waals surface area contributed by atoms with E-state index < -0.39 is 0 Å². The molecule has 0 heterocycles. The van der Waals surface area contributed by atoms with Crippen molar-refractivity contribution in [1.29, 1.82) is 0 Å². The van der Waals surface area contributed by atoms with Crippen molar-refractivity contribution >= 4 is 11.8 Å². The van der Waals surface area contributed by atoms with Gasteiger partial charge < -0.3 is 15.4 Å². The van der Waals surface area contributed by atoms with E-state index in [4.69, 9.17) is 4.74 Å². The summed E-state index contributed by atoms with van der Waals surface area (Å²) in [6.45, 7) is 6.54. The van der Waals surface area contributed by atoms with Crippen LogP contribution < -0.4 is 15.4 Å². The van der Waals surface area contributed by atoms with Crippen LogP contribution in [0.15, 0.2) is 42.5 Å². The van der Waals surface area contributed by atoms with Crippen LogP contribution in [-0.2, 0) is 4.79 Å². The fourth-order valence-electron chi connectivity index (χ4n) is 2.91. The molecule has 2 amide bonds. The molecule has 5 nitrogen and oxygen atoms in total. The third kappa shape index (κ3) is 6.13. The fourth-order valence-corrected chi connectivity index (χ4v) is 2.91. The molecule has 0 radical (unpaired) electrons. The number of carbonyl (C=O) groups excluding carboxylic acids is 2. The number of amides is 2. The van der Waals surface area contributed by atoms with Gasteiger partial charge in [-0.1, -0.05) is 23.8 Å². The maximum absolute atomic E-state index is 12.2. The Morgan fingerprint density at radius 3 is 2.44 bits per heavy atom. The second-order valence-corrected chi connectivity index (χ2v) is 6.74. The van der Waals surface area contributed by atoms with Crippen LogP contribution in [-0.4, -0.2) is 25.5 Å². The number of aryl methyl sites for hydroxylation is 2. The largest absolute Gasteiger partial charge is 0.497 e. The number of hydrogen-bond acceptors (Lipinski definition) is 3. The molecular formula is C22H28N2O3. The fraction of sp³-hybridized carbons (Fsp3) is 0.364. The summed E-state index contributed by atoms with van der Waals surface area (Å²) in [5.74, 6) is 0.546. The molecule has 0 fully saturated rings. The van der Waals surface area contributed by atoms with E-state index in [9.17, 15) is 9.59 Å². The monoisotopic (exact) mass is 368 g/mol. The highest BCUT2D eigenvalue weighted by molar-refractivity contribution is 5.94. The van der Waals surface area contributed by atoms with E-state index >= 15 is 0 Å². The van der Waals surface area contributed by atoms with Crippen LogP contribution in [0.1, 0.15) is 52.9 Å². The summed E-state index contributed by atoms with van der Waals surface area (Å²) in [4.78, 5) is 24.2. The predicted octanol–water partition coefficient (Wildman–Crippen LogP) is 3.70. The number of methoxy groups -OCH3 is 1. The zero-order chi connectivity index (χ0) is 19.8. The van der Waals surface area contributed by atoms with Gasteiger partial charge in [0.05, 0.1) is 13.2 Å². The van der Waals surface area contributed by atoms with Gasteiger partial charge in [-0.2, -0.15) is 0 Å². The molecule has 1 atom stereocenters. The number of hydrogen-bond donors (Lipinski definition) is 2. The lowest BCUT2D eigenvalue weighted by molar-refractivity contribution is -0.121. The van der Waals surface area contributed by atoms with Crippen molar-refractivity contribution in [3.63, 3.8) is 0 Å². The van der Waals surface area contributed by atoms with Crippen LogP contribution in [0.4, 0.5) is 0 Å². The Kier molecular flexibility index (Phi) is 7.41. The number of rotatable bonds is 8. The van der Waals surface area contributed by atoms with Crippen LogP contribution in [0.5, 0.6) is 5.75 Å². The van der Waals surface area contributed by atoms with E-state index in [0.29, 0.717) is 30.7 Å². The molecule has 0 spiro atoms. The molecule has 0 aliphatic rings. The Morgan fingerprint density at radius 1 is 1.07 bits per heavy atom. The maximum atomic E-state index is 12.2. The Hall–Kier alpha value is -2.82.